The molecule has 0 aliphatic rings. The molecule has 2 rings (SSSR count). The molecule has 0 bridgehead atoms. The molecule has 0 aromatic heterocycles. The Balaban J connectivity index is 2.38. The summed E-state index contributed by atoms with van der Waals surface area (Å²) < 4.78 is 26.5. The van der Waals surface area contributed by atoms with Crippen LogP contribution in [0.4, 0.5) is 5.69 Å². The molecule has 6 heteroatoms. The zero-order valence-electron chi connectivity index (χ0n) is 16.6. The predicted molar refractivity (Wildman–Crippen MR) is 110 cm³/mol. The van der Waals surface area contributed by atoms with Crippen LogP contribution in [0.1, 0.15) is 30.0 Å². The van der Waals surface area contributed by atoms with Gasteiger partial charge in [0.25, 0.3) is 0 Å². The molecule has 2 aromatic carbocycles. The van der Waals surface area contributed by atoms with Gasteiger partial charge in [-0.05, 0) is 49.1 Å². The summed E-state index contributed by atoms with van der Waals surface area (Å²) in [7, 11) is -1.92. The van der Waals surface area contributed by atoms with Gasteiger partial charge in [0.1, 0.15) is 6.04 Å². The first-order valence-corrected chi connectivity index (χ1v) is 10.8. The van der Waals surface area contributed by atoms with Crippen molar-refractivity contribution in [1.29, 1.82) is 0 Å². The van der Waals surface area contributed by atoms with Crippen LogP contribution in [0.5, 0.6) is 0 Å². The second kappa shape index (κ2) is 8.57. The topological polar surface area (TPSA) is 57.7 Å². The van der Waals surface area contributed by atoms with Crippen molar-refractivity contribution in [2.24, 2.45) is 0 Å². The molecular formula is C21H28N2O3S. The van der Waals surface area contributed by atoms with E-state index in [4.69, 9.17) is 0 Å². The highest BCUT2D eigenvalue weighted by Crippen LogP contribution is 2.26. The van der Waals surface area contributed by atoms with Crippen molar-refractivity contribution in [3.8, 4) is 0 Å². The standard InChI is InChI=1S/C21H28N2O3S/c1-6-20(21(24)22(4)15-18-10-8-7-9-11-18)23(27(5,25)26)19-13-16(2)12-17(3)14-19/h7-14,20H,6,15H2,1-5H3/t20-/m1/s1. The summed E-state index contributed by atoms with van der Waals surface area (Å²) in [5.74, 6) is -0.217. The molecule has 5 nitrogen and oxygen atoms in total. The number of aryl methyl sites for hydroxylation is 2. The minimum atomic E-state index is -3.63. The van der Waals surface area contributed by atoms with Gasteiger partial charge in [0.2, 0.25) is 15.9 Å². The smallest absolute Gasteiger partial charge is 0.246 e. The highest BCUT2D eigenvalue weighted by atomic mass is 32.2. The lowest BCUT2D eigenvalue weighted by Gasteiger charge is -2.33. The van der Waals surface area contributed by atoms with Gasteiger partial charge in [0.05, 0.1) is 11.9 Å². The molecule has 0 spiro atoms. The first-order chi connectivity index (χ1) is 12.6. The van der Waals surface area contributed by atoms with Crippen LogP contribution in [0.15, 0.2) is 48.5 Å². The zero-order valence-corrected chi connectivity index (χ0v) is 17.5. The van der Waals surface area contributed by atoms with Gasteiger partial charge in [-0.3, -0.25) is 9.10 Å². The fraction of sp³-hybridized carbons (Fsp3) is 0.381. The SMILES string of the molecule is CC[C@H](C(=O)N(C)Cc1ccccc1)N(c1cc(C)cc(C)c1)S(C)(=O)=O. The summed E-state index contributed by atoms with van der Waals surface area (Å²) in [6.07, 6.45) is 1.54. The molecule has 0 saturated heterocycles. The van der Waals surface area contributed by atoms with E-state index in [0.717, 1.165) is 22.9 Å². The third kappa shape index (κ3) is 5.32. The molecule has 0 aliphatic carbocycles. The van der Waals surface area contributed by atoms with E-state index in [1.807, 2.05) is 57.2 Å². The maximum Gasteiger partial charge on any atom is 0.246 e. The number of likely N-dealkylation sites (N-methyl/N-ethyl adjacent to an activating group) is 1. The number of nitrogens with zero attached hydrogens (tertiary/aromatic N) is 2. The minimum Gasteiger partial charge on any atom is -0.340 e. The molecule has 1 atom stereocenters. The Kier molecular flexibility index (Phi) is 6.65. The Morgan fingerprint density at radius 3 is 2.07 bits per heavy atom. The van der Waals surface area contributed by atoms with E-state index in [1.165, 1.54) is 4.31 Å². The van der Waals surface area contributed by atoms with Gasteiger partial charge in [-0.1, -0.05) is 43.3 Å². The van der Waals surface area contributed by atoms with Crippen LogP contribution in [0.25, 0.3) is 0 Å². The fourth-order valence-corrected chi connectivity index (χ4v) is 4.50. The van der Waals surface area contributed by atoms with Crippen molar-refractivity contribution in [3.05, 3.63) is 65.2 Å². The average molecular weight is 389 g/mol. The summed E-state index contributed by atoms with van der Waals surface area (Å²) in [5.41, 5.74) is 3.45. The molecule has 0 aliphatic heterocycles. The quantitative estimate of drug-likeness (QED) is 0.729. The van der Waals surface area contributed by atoms with Gasteiger partial charge in [0.15, 0.2) is 0 Å². The number of anilines is 1. The van der Waals surface area contributed by atoms with Crippen LogP contribution in [-0.4, -0.2) is 38.6 Å². The van der Waals surface area contributed by atoms with Crippen LogP contribution >= 0.6 is 0 Å². The maximum absolute atomic E-state index is 13.1. The summed E-state index contributed by atoms with van der Waals surface area (Å²) >= 11 is 0. The van der Waals surface area contributed by atoms with Gasteiger partial charge in [-0.25, -0.2) is 8.42 Å². The van der Waals surface area contributed by atoms with E-state index < -0.39 is 16.1 Å². The van der Waals surface area contributed by atoms with Crippen molar-refractivity contribution >= 4 is 21.6 Å². The average Bonchev–Trinajstić information content (AvgIpc) is 2.57. The summed E-state index contributed by atoms with van der Waals surface area (Å²) in [5, 5.41) is 0. The molecule has 146 valence electrons. The van der Waals surface area contributed by atoms with Crippen LogP contribution in [0, 0.1) is 13.8 Å². The molecule has 0 heterocycles. The number of carbonyl (C=O) groups is 1. The zero-order chi connectivity index (χ0) is 20.2. The normalized spacial score (nSPS) is 12.5. The van der Waals surface area contributed by atoms with Crippen LogP contribution in [-0.2, 0) is 21.4 Å². The Morgan fingerprint density at radius 2 is 1.59 bits per heavy atom. The highest BCUT2D eigenvalue weighted by molar-refractivity contribution is 7.92. The van der Waals surface area contributed by atoms with E-state index in [1.54, 1.807) is 24.1 Å². The third-order valence-corrected chi connectivity index (χ3v) is 5.59. The molecule has 27 heavy (non-hydrogen) atoms. The number of amides is 1. The van der Waals surface area contributed by atoms with Gasteiger partial charge < -0.3 is 4.90 Å². The molecule has 0 radical (unpaired) electrons. The Labute approximate surface area is 162 Å². The largest absolute Gasteiger partial charge is 0.340 e. The van der Waals surface area contributed by atoms with E-state index in [9.17, 15) is 13.2 Å². The van der Waals surface area contributed by atoms with Crippen molar-refractivity contribution in [2.45, 2.75) is 39.8 Å². The lowest BCUT2D eigenvalue weighted by Crippen LogP contribution is -2.49. The molecular weight excluding hydrogens is 360 g/mol. The number of carbonyl (C=O) groups excluding carboxylic acids is 1. The number of rotatable bonds is 7. The van der Waals surface area contributed by atoms with E-state index in [-0.39, 0.29) is 5.91 Å². The van der Waals surface area contributed by atoms with Gasteiger partial charge >= 0.3 is 0 Å². The highest BCUT2D eigenvalue weighted by Gasteiger charge is 2.33. The molecule has 0 saturated carbocycles. The van der Waals surface area contributed by atoms with Gasteiger partial charge in [-0.2, -0.15) is 0 Å². The van der Waals surface area contributed by atoms with Crippen LogP contribution in [0.2, 0.25) is 0 Å². The van der Waals surface area contributed by atoms with E-state index >= 15 is 0 Å². The third-order valence-electron chi connectivity index (χ3n) is 4.41. The van der Waals surface area contributed by atoms with E-state index in [0.29, 0.717) is 18.7 Å². The minimum absolute atomic E-state index is 0.217. The van der Waals surface area contributed by atoms with Crippen molar-refractivity contribution < 1.29 is 13.2 Å². The molecule has 0 unspecified atom stereocenters. The first-order valence-electron chi connectivity index (χ1n) is 9.00. The Hall–Kier alpha value is -2.34. The lowest BCUT2D eigenvalue weighted by molar-refractivity contribution is -0.131. The van der Waals surface area contributed by atoms with Crippen molar-refractivity contribution in [3.63, 3.8) is 0 Å². The molecule has 1 amide bonds. The summed E-state index contributed by atoms with van der Waals surface area (Å²) in [6.45, 7) is 6.10. The van der Waals surface area contributed by atoms with Crippen molar-refractivity contribution in [1.82, 2.24) is 4.90 Å². The lowest BCUT2D eigenvalue weighted by atomic mass is 10.1. The van der Waals surface area contributed by atoms with Gasteiger partial charge in [-0.15, -0.1) is 0 Å². The Morgan fingerprint density at radius 1 is 1.04 bits per heavy atom. The second-order valence-electron chi connectivity index (χ2n) is 7.01. The van der Waals surface area contributed by atoms with Crippen LogP contribution in [0.3, 0.4) is 0 Å². The Bertz CT molecular complexity index is 875. The monoisotopic (exact) mass is 388 g/mol. The van der Waals surface area contributed by atoms with E-state index in [2.05, 4.69) is 0 Å². The molecule has 0 fully saturated rings. The maximum atomic E-state index is 13.1. The number of hydrogen-bond acceptors (Lipinski definition) is 3. The summed E-state index contributed by atoms with van der Waals surface area (Å²) in [6, 6.07) is 14.5. The van der Waals surface area contributed by atoms with Gasteiger partial charge in [0, 0.05) is 13.6 Å². The number of sulfonamides is 1. The summed E-state index contributed by atoms with van der Waals surface area (Å²) in [4.78, 5) is 14.7. The fourth-order valence-electron chi connectivity index (χ4n) is 3.31. The molecule has 2 aromatic rings. The van der Waals surface area contributed by atoms with Crippen LogP contribution < -0.4 is 4.31 Å². The van der Waals surface area contributed by atoms with Crippen molar-refractivity contribution in [2.75, 3.05) is 17.6 Å². The number of benzene rings is 2. The number of hydrogen-bond donors (Lipinski definition) is 0. The predicted octanol–water partition coefficient (Wildman–Crippen LogP) is 3.51. The second-order valence-corrected chi connectivity index (χ2v) is 8.87. The molecule has 0 N–H and O–H groups in total. The first kappa shape index (κ1) is 21.0.